The smallest absolute Gasteiger partial charge is 0.126 e. The predicted molar refractivity (Wildman–Crippen MR) is 75.2 cm³/mol. The molecule has 0 atom stereocenters. The van der Waals surface area contributed by atoms with Crippen molar-refractivity contribution in [3.8, 4) is 0 Å². The summed E-state index contributed by atoms with van der Waals surface area (Å²) in [4.78, 5) is 2.42. The number of hydrogen-bond donors (Lipinski definition) is 1. The van der Waals surface area contributed by atoms with Crippen LogP contribution in [0.1, 0.15) is 31.4 Å². The van der Waals surface area contributed by atoms with E-state index in [1.54, 1.807) is 13.0 Å². The average molecular weight is 252 g/mol. The molecule has 0 radical (unpaired) electrons. The van der Waals surface area contributed by atoms with Gasteiger partial charge in [-0.05, 0) is 43.6 Å². The first-order chi connectivity index (χ1) is 8.67. The summed E-state index contributed by atoms with van der Waals surface area (Å²) < 4.78 is 13.3. The Hall–Kier alpha value is -0.930. The molecule has 18 heavy (non-hydrogen) atoms. The molecular formula is C15H25FN2. The lowest BCUT2D eigenvalue weighted by atomic mass is 10.1. The van der Waals surface area contributed by atoms with E-state index in [0.717, 1.165) is 38.3 Å². The maximum absolute atomic E-state index is 13.3. The number of nitrogens with zero attached hydrogens (tertiary/aromatic N) is 1. The van der Waals surface area contributed by atoms with Gasteiger partial charge in [-0.15, -0.1) is 0 Å². The highest BCUT2D eigenvalue weighted by Gasteiger charge is 2.01. The third-order valence-corrected chi connectivity index (χ3v) is 3.16. The minimum atomic E-state index is -0.115. The van der Waals surface area contributed by atoms with Gasteiger partial charge in [0.2, 0.25) is 0 Å². The Morgan fingerprint density at radius 2 is 2.00 bits per heavy atom. The van der Waals surface area contributed by atoms with Gasteiger partial charge in [0.15, 0.2) is 0 Å². The van der Waals surface area contributed by atoms with Gasteiger partial charge < -0.3 is 10.2 Å². The maximum atomic E-state index is 13.3. The molecule has 0 fully saturated rings. The fourth-order valence-corrected chi connectivity index (χ4v) is 1.96. The molecule has 102 valence electrons. The van der Waals surface area contributed by atoms with Crippen molar-refractivity contribution in [3.63, 3.8) is 0 Å². The maximum Gasteiger partial charge on any atom is 0.126 e. The van der Waals surface area contributed by atoms with E-state index in [2.05, 4.69) is 24.1 Å². The fraction of sp³-hybridized carbons (Fsp3) is 0.600. The molecule has 1 rings (SSSR count). The number of rotatable bonds is 8. The molecule has 0 unspecified atom stereocenters. The van der Waals surface area contributed by atoms with Gasteiger partial charge in [0, 0.05) is 19.6 Å². The number of benzene rings is 1. The molecule has 3 heteroatoms. The molecule has 0 saturated carbocycles. The zero-order chi connectivity index (χ0) is 13.4. The van der Waals surface area contributed by atoms with Crippen molar-refractivity contribution in [2.45, 2.75) is 33.7 Å². The SMILES string of the molecule is CCCN(CC)CCNCc1ccc(C)c(F)c1. The first-order valence-corrected chi connectivity index (χ1v) is 6.85. The van der Waals surface area contributed by atoms with Crippen LogP contribution in [-0.2, 0) is 6.54 Å². The highest BCUT2D eigenvalue weighted by Crippen LogP contribution is 2.08. The quantitative estimate of drug-likeness (QED) is 0.716. The first-order valence-electron chi connectivity index (χ1n) is 6.85. The summed E-state index contributed by atoms with van der Waals surface area (Å²) in [6, 6.07) is 5.43. The number of likely N-dealkylation sites (N-methyl/N-ethyl adjacent to an activating group) is 1. The Bertz CT molecular complexity index is 352. The second kappa shape index (κ2) is 8.22. The van der Waals surface area contributed by atoms with E-state index in [9.17, 15) is 4.39 Å². The van der Waals surface area contributed by atoms with E-state index in [1.807, 2.05) is 12.1 Å². The van der Waals surface area contributed by atoms with Crippen LogP contribution < -0.4 is 5.32 Å². The number of hydrogen-bond acceptors (Lipinski definition) is 2. The van der Waals surface area contributed by atoms with E-state index in [4.69, 9.17) is 0 Å². The normalized spacial score (nSPS) is 11.2. The second-order valence-electron chi connectivity index (χ2n) is 4.69. The van der Waals surface area contributed by atoms with Gasteiger partial charge in [0.05, 0.1) is 0 Å². The average Bonchev–Trinajstić information content (AvgIpc) is 2.37. The van der Waals surface area contributed by atoms with E-state index < -0.39 is 0 Å². The molecule has 0 saturated heterocycles. The van der Waals surface area contributed by atoms with E-state index in [-0.39, 0.29) is 5.82 Å². The van der Waals surface area contributed by atoms with Crippen LogP contribution >= 0.6 is 0 Å². The van der Waals surface area contributed by atoms with Gasteiger partial charge in [-0.3, -0.25) is 0 Å². The molecule has 0 amide bonds. The monoisotopic (exact) mass is 252 g/mol. The van der Waals surface area contributed by atoms with Crippen molar-refractivity contribution >= 4 is 0 Å². The molecule has 0 aliphatic carbocycles. The molecule has 1 aromatic rings. The van der Waals surface area contributed by atoms with Crippen molar-refractivity contribution < 1.29 is 4.39 Å². The van der Waals surface area contributed by atoms with Gasteiger partial charge in [0.25, 0.3) is 0 Å². The fourth-order valence-electron chi connectivity index (χ4n) is 1.96. The Morgan fingerprint density at radius 1 is 1.22 bits per heavy atom. The Labute approximate surface area is 110 Å². The number of aryl methyl sites for hydroxylation is 1. The van der Waals surface area contributed by atoms with Crippen LogP contribution in [-0.4, -0.2) is 31.1 Å². The van der Waals surface area contributed by atoms with Gasteiger partial charge in [-0.1, -0.05) is 26.0 Å². The molecule has 0 aromatic heterocycles. The van der Waals surface area contributed by atoms with Crippen LogP contribution in [0.15, 0.2) is 18.2 Å². The molecule has 1 N–H and O–H groups in total. The zero-order valence-electron chi connectivity index (χ0n) is 11.8. The predicted octanol–water partition coefficient (Wildman–Crippen LogP) is 2.96. The molecule has 0 bridgehead atoms. The third-order valence-electron chi connectivity index (χ3n) is 3.16. The van der Waals surface area contributed by atoms with Gasteiger partial charge in [-0.2, -0.15) is 0 Å². The highest BCUT2D eigenvalue weighted by atomic mass is 19.1. The minimum absolute atomic E-state index is 0.115. The summed E-state index contributed by atoms with van der Waals surface area (Å²) in [5.74, 6) is -0.115. The summed E-state index contributed by atoms with van der Waals surface area (Å²) in [7, 11) is 0. The molecule has 0 spiro atoms. The van der Waals surface area contributed by atoms with Crippen molar-refractivity contribution in [2.24, 2.45) is 0 Å². The minimum Gasteiger partial charge on any atom is -0.311 e. The third kappa shape index (κ3) is 5.15. The largest absolute Gasteiger partial charge is 0.311 e. The van der Waals surface area contributed by atoms with Crippen LogP contribution in [0.4, 0.5) is 4.39 Å². The lowest BCUT2D eigenvalue weighted by Crippen LogP contribution is -2.32. The Kier molecular flexibility index (Phi) is 6.91. The van der Waals surface area contributed by atoms with Crippen LogP contribution in [0.3, 0.4) is 0 Å². The van der Waals surface area contributed by atoms with E-state index >= 15 is 0 Å². The standard InChI is InChI=1S/C15H25FN2/c1-4-9-18(5-2)10-8-17-12-14-7-6-13(3)15(16)11-14/h6-7,11,17H,4-5,8-10,12H2,1-3H3. The summed E-state index contributed by atoms with van der Waals surface area (Å²) in [5, 5.41) is 3.36. The summed E-state index contributed by atoms with van der Waals surface area (Å²) in [6.07, 6.45) is 1.19. The number of halogens is 1. The molecule has 1 aromatic carbocycles. The van der Waals surface area contributed by atoms with Crippen LogP contribution in [0.25, 0.3) is 0 Å². The summed E-state index contributed by atoms with van der Waals surface area (Å²) in [6.45, 7) is 11.2. The van der Waals surface area contributed by atoms with Crippen molar-refractivity contribution in [1.29, 1.82) is 0 Å². The molecule has 0 aliphatic heterocycles. The second-order valence-corrected chi connectivity index (χ2v) is 4.69. The highest BCUT2D eigenvalue weighted by molar-refractivity contribution is 5.23. The Balaban J connectivity index is 2.26. The summed E-state index contributed by atoms with van der Waals surface area (Å²) >= 11 is 0. The van der Waals surface area contributed by atoms with Gasteiger partial charge in [-0.25, -0.2) is 4.39 Å². The Morgan fingerprint density at radius 3 is 2.61 bits per heavy atom. The van der Waals surface area contributed by atoms with Gasteiger partial charge in [0.1, 0.15) is 5.82 Å². The summed E-state index contributed by atoms with van der Waals surface area (Å²) in [5.41, 5.74) is 1.72. The molecule has 0 heterocycles. The van der Waals surface area contributed by atoms with Gasteiger partial charge >= 0.3 is 0 Å². The number of nitrogens with one attached hydrogen (secondary N) is 1. The van der Waals surface area contributed by atoms with Crippen molar-refractivity contribution in [2.75, 3.05) is 26.2 Å². The lowest BCUT2D eigenvalue weighted by Gasteiger charge is -2.19. The topological polar surface area (TPSA) is 15.3 Å². The molecule has 0 aliphatic rings. The van der Waals surface area contributed by atoms with E-state index in [0.29, 0.717) is 5.56 Å². The van der Waals surface area contributed by atoms with Crippen LogP contribution in [0, 0.1) is 12.7 Å². The van der Waals surface area contributed by atoms with Crippen molar-refractivity contribution in [3.05, 3.63) is 35.1 Å². The molecular weight excluding hydrogens is 227 g/mol. The first kappa shape index (κ1) is 15.1. The zero-order valence-corrected chi connectivity index (χ0v) is 11.8. The van der Waals surface area contributed by atoms with Crippen LogP contribution in [0.2, 0.25) is 0 Å². The van der Waals surface area contributed by atoms with E-state index in [1.165, 1.54) is 6.42 Å². The molecule has 2 nitrogen and oxygen atoms in total. The lowest BCUT2D eigenvalue weighted by molar-refractivity contribution is 0.287. The van der Waals surface area contributed by atoms with Crippen molar-refractivity contribution in [1.82, 2.24) is 10.2 Å². The van der Waals surface area contributed by atoms with Crippen LogP contribution in [0.5, 0.6) is 0 Å².